The number of amides is 1. The fourth-order valence-electron chi connectivity index (χ4n) is 1.49. The summed E-state index contributed by atoms with van der Waals surface area (Å²) in [5.74, 6) is -3.95. The van der Waals surface area contributed by atoms with Crippen molar-refractivity contribution in [1.29, 1.82) is 0 Å². The summed E-state index contributed by atoms with van der Waals surface area (Å²) in [6.07, 6.45) is -3.44. The molecule has 2 N–H and O–H groups in total. The molecule has 0 spiro atoms. The molecular weight excluding hydrogens is 319 g/mol. The molecular formula is C13H14F3N3O4. The van der Waals surface area contributed by atoms with Gasteiger partial charge in [-0.2, -0.15) is 13.2 Å². The molecule has 126 valence electrons. The summed E-state index contributed by atoms with van der Waals surface area (Å²) in [6, 6.07) is -0.416. The summed E-state index contributed by atoms with van der Waals surface area (Å²) in [5, 5.41) is 11.0. The Labute approximate surface area is 129 Å². The van der Waals surface area contributed by atoms with Crippen molar-refractivity contribution in [1.82, 2.24) is 15.3 Å². The molecule has 0 bridgehead atoms. The second-order valence-corrected chi connectivity index (χ2v) is 4.41. The third-order valence-electron chi connectivity index (χ3n) is 2.46. The van der Waals surface area contributed by atoms with Crippen LogP contribution in [0.15, 0.2) is 18.7 Å². The zero-order valence-corrected chi connectivity index (χ0v) is 12.1. The molecule has 1 heterocycles. The van der Waals surface area contributed by atoms with Crippen LogP contribution in [-0.2, 0) is 15.7 Å². The Hall–Kier alpha value is -2.49. The molecule has 1 rings (SSSR count). The van der Waals surface area contributed by atoms with Gasteiger partial charge in [0.1, 0.15) is 5.69 Å². The Morgan fingerprint density at radius 1 is 1.48 bits per heavy atom. The molecule has 0 fully saturated rings. The molecule has 1 amide bonds. The van der Waals surface area contributed by atoms with Crippen molar-refractivity contribution in [3.63, 3.8) is 0 Å². The average molecular weight is 333 g/mol. The minimum Gasteiger partial charge on any atom is -0.480 e. The number of nitrogens with one attached hydrogen (secondary N) is 1. The van der Waals surface area contributed by atoms with Crippen molar-refractivity contribution >= 4 is 11.9 Å². The van der Waals surface area contributed by atoms with Gasteiger partial charge < -0.3 is 15.2 Å². The van der Waals surface area contributed by atoms with Gasteiger partial charge in [-0.25, -0.2) is 14.8 Å². The van der Waals surface area contributed by atoms with Crippen molar-refractivity contribution in [3.8, 4) is 0 Å². The Morgan fingerprint density at radius 2 is 2.13 bits per heavy atom. The maximum atomic E-state index is 12.6. The Kier molecular flexibility index (Phi) is 6.19. The first-order chi connectivity index (χ1) is 10.6. The second-order valence-electron chi connectivity index (χ2n) is 4.41. The second kappa shape index (κ2) is 7.68. The smallest absolute Gasteiger partial charge is 0.451 e. The monoisotopic (exact) mass is 333 g/mol. The molecule has 0 saturated heterocycles. The topological polar surface area (TPSA) is 101 Å². The average Bonchev–Trinajstić information content (AvgIpc) is 2.44. The van der Waals surface area contributed by atoms with Crippen LogP contribution in [0.2, 0.25) is 0 Å². The maximum absolute atomic E-state index is 12.6. The highest BCUT2D eigenvalue weighted by Crippen LogP contribution is 2.26. The van der Waals surface area contributed by atoms with Gasteiger partial charge in [0.05, 0.1) is 13.2 Å². The fourth-order valence-corrected chi connectivity index (χ4v) is 1.49. The molecule has 1 aromatic heterocycles. The van der Waals surface area contributed by atoms with Crippen LogP contribution in [-0.4, -0.2) is 46.2 Å². The van der Waals surface area contributed by atoms with Crippen molar-refractivity contribution in [2.45, 2.75) is 19.1 Å². The van der Waals surface area contributed by atoms with Gasteiger partial charge in [0.2, 0.25) is 5.82 Å². The summed E-state index contributed by atoms with van der Waals surface area (Å²) in [7, 11) is 0. The lowest BCUT2D eigenvalue weighted by molar-refractivity contribution is -0.145. The van der Waals surface area contributed by atoms with Crippen molar-refractivity contribution in [2.24, 2.45) is 0 Å². The van der Waals surface area contributed by atoms with E-state index in [0.717, 1.165) is 6.07 Å². The van der Waals surface area contributed by atoms with Crippen LogP contribution in [0.5, 0.6) is 0 Å². The Morgan fingerprint density at radius 3 is 2.65 bits per heavy atom. The van der Waals surface area contributed by atoms with Gasteiger partial charge in [0, 0.05) is 5.69 Å². The molecule has 0 radical (unpaired) electrons. The van der Waals surface area contributed by atoms with E-state index >= 15 is 0 Å². The molecule has 0 aliphatic heterocycles. The van der Waals surface area contributed by atoms with Gasteiger partial charge in [-0.3, -0.25) is 4.79 Å². The van der Waals surface area contributed by atoms with Crippen LogP contribution >= 0.6 is 0 Å². The van der Waals surface area contributed by atoms with Crippen LogP contribution in [0.4, 0.5) is 13.2 Å². The van der Waals surface area contributed by atoms with E-state index in [0.29, 0.717) is 0 Å². The number of alkyl halides is 3. The normalized spacial score (nSPS) is 12.5. The summed E-state index contributed by atoms with van der Waals surface area (Å²) >= 11 is 0. The van der Waals surface area contributed by atoms with E-state index in [9.17, 15) is 22.8 Å². The number of carboxylic acids is 1. The van der Waals surface area contributed by atoms with Crippen molar-refractivity contribution in [2.75, 3.05) is 13.2 Å². The highest BCUT2D eigenvalue weighted by molar-refractivity contribution is 5.95. The largest absolute Gasteiger partial charge is 0.480 e. The number of ether oxygens (including phenoxy) is 1. The minimum absolute atomic E-state index is 0.0600. The van der Waals surface area contributed by atoms with Crippen LogP contribution in [0.3, 0.4) is 0 Å². The molecule has 1 unspecified atom stereocenters. The standard InChI is InChI=1S/C13H14F3N3O4/c1-3-4-23-6-9(11(21)22)18-10(20)8-5-7(2)17-12(19-8)13(14,15)16/h3,5,9H,1,4,6H2,2H3,(H,18,20)(H,21,22). The lowest BCUT2D eigenvalue weighted by atomic mass is 10.2. The quantitative estimate of drug-likeness (QED) is 0.574. The van der Waals surface area contributed by atoms with Crippen LogP contribution in [0, 0.1) is 6.92 Å². The predicted molar refractivity (Wildman–Crippen MR) is 71.7 cm³/mol. The summed E-state index contributed by atoms with van der Waals surface area (Å²) in [5.41, 5.74) is -0.660. The lowest BCUT2D eigenvalue weighted by Gasteiger charge is -2.14. The Bertz CT molecular complexity index is 605. The van der Waals surface area contributed by atoms with E-state index in [4.69, 9.17) is 9.84 Å². The number of nitrogens with zero attached hydrogens (tertiary/aromatic N) is 2. The van der Waals surface area contributed by atoms with E-state index in [-0.39, 0.29) is 18.9 Å². The van der Waals surface area contributed by atoms with E-state index in [1.54, 1.807) is 0 Å². The maximum Gasteiger partial charge on any atom is 0.451 e. The summed E-state index contributed by atoms with van der Waals surface area (Å²) < 4.78 is 42.8. The van der Waals surface area contributed by atoms with E-state index < -0.39 is 35.6 Å². The lowest BCUT2D eigenvalue weighted by Crippen LogP contribution is -2.44. The number of aromatic nitrogens is 2. The van der Waals surface area contributed by atoms with E-state index in [1.165, 1.54) is 13.0 Å². The van der Waals surface area contributed by atoms with Crippen LogP contribution < -0.4 is 5.32 Å². The third kappa shape index (κ3) is 5.66. The number of carbonyl (C=O) groups is 2. The van der Waals surface area contributed by atoms with Gasteiger partial charge in [-0.05, 0) is 13.0 Å². The SMILES string of the molecule is C=CCOCC(NC(=O)c1cc(C)nc(C(F)(F)F)n1)C(=O)O. The predicted octanol–water partition coefficient (Wildman–Crippen LogP) is 1.19. The zero-order valence-electron chi connectivity index (χ0n) is 12.1. The zero-order chi connectivity index (χ0) is 17.6. The molecule has 0 aliphatic carbocycles. The molecule has 0 aromatic carbocycles. The van der Waals surface area contributed by atoms with Crippen molar-refractivity contribution in [3.05, 3.63) is 35.9 Å². The highest BCUT2D eigenvalue weighted by atomic mass is 19.4. The van der Waals surface area contributed by atoms with Gasteiger partial charge in [0.15, 0.2) is 6.04 Å². The fraction of sp³-hybridized carbons (Fsp3) is 0.385. The number of hydrogen-bond acceptors (Lipinski definition) is 5. The summed E-state index contributed by atoms with van der Waals surface area (Å²) in [4.78, 5) is 29.2. The molecule has 1 atom stereocenters. The van der Waals surface area contributed by atoms with E-state index in [1.807, 2.05) is 5.32 Å². The molecule has 10 heteroatoms. The van der Waals surface area contributed by atoms with Crippen molar-refractivity contribution < 1.29 is 32.6 Å². The number of hydrogen-bond donors (Lipinski definition) is 2. The molecule has 1 aromatic rings. The number of carboxylic acid groups (broad SMARTS) is 1. The van der Waals surface area contributed by atoms with Gasteiger partial charge in [0.25, 0.3) is 5.91 Å². The molecule has 0 saturated carbocycles. The first-order valence-electron chi connectivity index (χ1n) is 6.30. The summed E-state index contributed by atoms with van der Waals surface area (Å²) in [6.45, 7) is 4.32. The number of rotatable bonds is 7. The Balaban J connectivity index is 2.93. The van der Waals surface area contributed by atoms with Crippen LogP contribution in [0.25, 0.3) is 0 Å². The number of aliphatic carboxylic acids is 1. The van der Waals surface area contributed by atoms with E-state index in [2.05, 4.69) is 16.5 Å². The van der Waals surface area contributed by atoms with Gasteiger partial charge >= 0.3 is 12.1 Å². The van der Waals surface area contributed by atoms with Gasteiger partial charge in [-0.1, -0.05) is 6.08 Å². The first-order valence-corrected chi connectivity index (χ1v) is 6.30. The van der Waals surface area contributed by atoms with Gasteiger partial charge in [-0.15, -0.1) is 6.58 Å². The molecule has 23 heavy (non-hydrogen) atoms. The first kappa shape index (κ1) is 18.6. The molecule has 0 aliphatic rings. The highest BCUT2D eigenvalue weighted by Gasteiger charge is 2.36. The molecule has 7 nitrogen and oxygen atoms in total. The minimum atomic E-state index is -4.82. The third-order valence-corrected chi connectivity index (χ3v) is 2.46. The number of aryl methyl sites for hydroxylation is 1. The number of carbonyl (C=O) groups excluding carboxylic acids is 1. The van der Waals surface area contributed by atoms with Crippen LogP contribution in [0.1, 0.15) is 22.0 Å². The number of halogens is 3.